The van der Waals surface area contributed by atoms with E-state index in [9.17, 15) is 9.59 Å². The van der Waals surface area contributed by atoms with Crippen LogP contribution in [0.4, 0.5) is 0 Å². The van der Waals surface area contributed by atoms with E-state index in [2.05, 4.69) is 10.6 Å². The van der Waals surface area contributed by atoms with Crippen LogP contribution >= 0.6 is 11.8 Å². The van der Waals surface area contributed by atoms with Gasteiger partial charge in [-0.1, -0.05) is 12.1 Å². The lowest BCUT2D eigenvalue weighted by molar-refractivity contribution is -0.137. The fourth-order valence-corrected chi connectivity index (χ4v) is 3.27. The highest BCUT2D eigenvalue weighted by atomic mass is 32.2. The van der Waals surface area contributed by atoms with Crippen LogP contribution in [0.1, 0.15) is 19.4 Å². The van der Waals surface area contributed by atoms with E-state index < -0.39 is 0 Å². The van der Waals surface area contributed by atoms with Crippen LogP contribution in [0, 0.1) is 0 Å². The summed E-state index contributed by atoms with van der Waals surface area (Å²) >= 11 is 1.35. The third-order valence-corrected chi connectivity index (χ3v) is 4.79. The molecule has 0 fully saturated rings. The second-order valence-corrected chi connectivity index (χ2v) is 6.28. The number of nitrogens with one attached hydrogen (secondary N) is 2. The van der Waals surface area contributed by atoms with Gasteiger partial charge in [-0.25, -0.2) is 4.79 Å². The number of amides is 1. The lowest BCUT2D eigenvalue weighted by Gasteiger charge is -2.25. The molecule has 2 rings (SSSR count). The highest BCUT2D eigenvalue weighted by Crippen LogP contribution is 2.26. The van der Waals surface area contributed by atoms with Crippen LogP contribution in [0.5, 0.6) is 5.75 Å². The third-order valence-electron chi connectivity index (χ3n) is 3.53. The molecule has 7 heteroatoms. The SMILES string of the molecule is CCOC(=O)C1=C(C)NC(C(=O)NCc2ccc(OC)cc2)CS1. The zero-order valence-electron chi connectivity index (χ0n) is 14.0. The Kier molecular flexibility index (Phi) is 6.54. The van der Waals surface area contributed by atoms with Crippen LogP contribution in [-0.4, -0.2) is 37.4 Å². The molecular weight excluding hydrogens is 328 g/mol. The van der Waals surface area contributed by atoms with Crippen molar-refractivity contribution >= 4 is 23.6 Å². The molecule has 0 saturated carbocycles. The maximum absolute atomic E-state index is 12.3. The number of esters is 1. The van der Waals surface area contributed by atoms with Crippen molar-refractivity contribution in [1.82, 2.24) is 10.6 Å². The highest BCUT2D eigenvalue weighted by Gasteiger charge is 2.28. The minimum Gasteiger partial charge on any atom is -0.497 e. The van der Waals surface area contributed by atoms with Gasteiger partial charge in [-0.05, 0) is 31.5 Å². The monoisotopic (exact) mass is 350 g/mol. The fourth-order valence-electron chi connectivity index (χ4n) is 2.25. The molecule has 1 aromatic carbocycles. The Morgan fingerprint density at radius 1 is 1.33 bits per heavy atom. The van der Waals surface area contributed by atoms with Crippen molar-refractivity contribution < 1.29 is 19.1 Å². The first-order valence-electron chi connectivity index (χ1n) is 7.73. The van der Waals surface area contributed by atoms with E-state index in [0.29, 0.717) is 29.5 Å². The van der Waals surface area contributed by atoms with Crippen LogP contribution in [0.2, 0.25) is 0 Å². The number of methoxy groups -OCH3 is 1. The number of ether oxygens (including phenoxy) is 2. The van der Waals surface area contributed by atoms with Gasteiger partial charge in [0, 0.05) is 18.0 Å². The molecule has 2 N–H and O–H groups in total. The number of benzene rings is 1. The van der Waals surface area contributed by atoms with E-state index >= 15 is 0 Å². The number of hydrogen-bond donors (Lipinski definition) is 2. The molecule has 1 atom stereocenters. The van der Waals surface area contributed by atoms with E-state index in [-0.39, 0.29) is 17.9 Å². The van der Waals surface area contributed by atoms with E-state index in [0.717, 1.165) is 11.3 Å². The summed E-state index contributed by atoms with van der Waals surface area (Å²) in [6.07, 6.45) is 0. The fraction of sp³-hybridized carbons (Fsp3) is 0.412. The molecule has 1 aliphatic heterocycles. The van der Waals surface area contributed by atoms with Crippen LogP contribution in [0.15, 0.2) is 34.9 Å². The summed E-state index contributed by atoms with van der Waals surface area (Å²) in [4.78, 5) is 24.6. The zero-order valence-corrected chi connectivity index (χ0v) is 14.9. The van der Waals surface area contributed by atoms with Crippen molar-refractivity contribution in [2.24, 2.45) is 0 Å². The van der Waals surface area contributed by atoms with Crippen molar-refractivity contribution in [3.63, 3.8) is 0 Å². The lowest BCUT2D eigenvalue weighted by Crippen LogP contribution is -2.47. The van der Waals surface area contributed by atoms with Crippen molar-refractivity contribution in [2.45, 2.75) is 26.4 Å². The second-order valence-electron chi connectivity index (χ2n) is 5.25. The number of rotatable bonds is 6. The Bertz CT molecular complexity index is 628. The first kappa shape index (κ1) is 18.2. The van der Waals surface area contributed by atoms with Gasteiger partial charge in [0.1, 0.15) is 16.7 Å². The van der Waals surface area contributed by atoms with Gasteiger partial charge in [0.05, 0.1) is 13.7 Å². The molecule has 6 nitrogen and oxygen atoms in total. The minimum atomic E-state index is -0.369. The maximum atomic E-state index is 12.3. The summed E-state index contributed by atoms with van der Waals surface area (Å²) in [7, 11) is 1.61. The van der Waals surface area contributed by atoms with Crippen molar-refractivity contribution in [3.8, 4) is 5.75 Å². The predicted molar refractivity (Wildman–Crippen MR) is 93.6 cm³/mol. The minimum absolute atomic E-state index is 0.0967. The van der Waals surface area contributed by atoms with Crippen LogP contribution < -0.4 is 15.4 Å². The van der Waals surface area contributed by atoms with E-state index in [1.165, 1.54) is 11.8 Å². The van der Waals surface area contributed by atoms with Crippen LogP contribution in [-0.2, 0) is 20.9 Å². The van der Waals surface area contributed by atoms with Crippen LogP contribution in [0.25, 0.3) is 0 Å². The lowest BCUT2D eigenvalue weighted by atomic mass is 10.2. The van der Waals surface area contributed by atoms with Gasteiger partial charge in [0.15, 0.2) is 0 Å². The molecule has 1 unspecified atom stereocenters. The highest BCUT2D eigenvalue weighted by molar-refractivity contribution is 8.04. The molecule has 1 aromatic rings. The summed E-state index contributed by atoms with van der Waals surface area (Å²) in [5.41, 5.74) is 1.67. The Morgan fingerprint density at radius 2 is 2.04 bits per heavy atom. The maximum Gasteiger partial charge on any atom is 0.346 e. The molecule has 0 spiro atoms. The Morgan fingerprint density at radius 3 is 2.62 bits per heavy atom. The number of carbonyl (C=O) groups excluding carboxylic acids is 2. The number of thioether (sulfide) groups is 1. The molecule has 1 amide bonds. The molecule has 1 heterocycles. The third kappa shape index (κ3) is 4.67. The molecule has 0 bridgehead atoms. The molecular formula is C17H22N2O4S. The molecule has 1 aliphatic rings. The normalized spacial score (nSPS) is 17.0. The number of carbonyl (C=O) groups is 2. The number of hydrogen-bond acceptors (Lipinski definition) is 6. The second kappa shape index (κ2) is 8.63. The molecule has 130 valence electrons. The summed E-state index contributed by atoms with van der Waals surface area (Å²) in [5, 5.41) is 5.99. The quantitative estimate of drug-likeness (QED) is 0.762. The van der Waals surface area contributed by atoms with Gasteiger partial charge in [-0.15, -0.1) is 11.8 Å². The Hall–Kier alpha value is -2.15. The molecule has 24 heavy (non-hydrogen) atoms. The van der Waals surface area contributed by atoms with E-state index in [1.807, 2.05) is 24.3 Å². The topological polar surface area (TPSA) is 76.7 Å². The van der Waals surface area contributed by atoms with Crippen molar-refractivity contribution in [2.75, 3.05) is 19.5 Å². The van der Waals surface area contributed by atoms with E-state index in [1.54, 1.807) is 21.0 Å². The smallest absolute Gasteiger partial charge is 0.346 e. The van der Waals surface area contributed by atoms with Gasteiger partial charge in [0.2, 0.25) is 5.91 Å². The average molecular weight is 350 g/mol. The molecule has 0 aliphatic carbocycles. The summed E-state index contributed by atoms with van der Waals surface area (Å²) in [5.74, 6) is 0.827. The molecule has 0 radical (unpaired) electrons. The van der Waals surface area contributed by atoms with Crippen molar-refractivity contribution in [3.05, 3.63) is 40.4 Å². The van der Waals surface area contributed by atoms with E-state index in [4.69, 9.17) is 9.47 Å². The first-order valence-corrected chi connectivity index (χ1v) is 8.71. The van der Waals surface area contributed by atoms with Crippen molar-refractivity contribution in [1.29, 1.82) is 0 Å². The molecule has 0 saturated heterocycles. The summed E-state index contributed by atoms with van der Waals surface area (Å²) in [6, 6.07) is 7.16. The number of allylic oxidation sites excluding steroid dienone is 1. The van der Waals surface area contributed by atoms with Gasteiger partial charge in [0.25, 0.3) is 0 Å². The van der Waals surface area contributed by atoms with Gasteiger partial charge in [-0.2, -0.15) is 0 Å². The van der Waals surface area contributed by atoms with Gasteiger partial charge in [-0.3, -0.25) is 4.79 Å². The average Bonchev–Trinajstić information content (AvgIpc) is 2.60. The Balaban J connectivity index is 1.88. The largest absolute Gasteiger partial charge is 0.497 e. The standard InChI is InChI=1S/C17H22N2O4S/c1-4-23-17(21)15-11(2)19-14(10-24-15)16(20)18-9-12-5-7-13(22-3)8-6-12/h5-8,14,19H,4,9-10H2,1-3H3,(H,18,20). The van der Waals surface area contributed by atoms with Crippen LogP contribution in [0.3, 0.4) is 0 Å². The zero-order chi connectivity index (χ0) is 17.5. The molecule has 0 aromatic heterocycles. The predicted octanol–water partition coefficient (Wildman–Crippen LogP) is 1.81. The first-order chi connectivity index (χ1) is 11.5. The Labute approximate surface area is 146 Å². The summed E-state index contributed by atoms with van der Waals surface area (Å²) < 4.78 is 10.1. The van der Waals surface area contributed by atoms with Gasteiger partial charge >= 0.3 is 5.97 Å². The van der Waals surface area contributed by atoms with Gasteiger partial charge < -0.3 is 20.1 Å². The summed E-state index contributed by atoms with van der Waals surface area (Å²) in [6.45, 7) is 4.33.